The number of ether oxygens (including phenoxy) is 1. The van der Waals surface area contributed by atoms with Crippen LogP contribution in [0.3, 0.4) is 0 Å². The van der Waals surface area contributed by atoms with Gasteiger partial charge in [-0.2, -0.15) is 0 Å². The van der Waals surface area contributed by atoms with Gasteiger partial charge in [-0.25, -0.2) is 0 Å². The van der Waals surface area contributed by atoms with Gasteiger partial charge in [0.2, 0.25) is 0 Å². The molecule has 0 amide bonds. The Hall–Kier alpha value is 0.130. The molecule has 0 fully saturated rings. The fourth-order valence-electron chi connectivity index (χ4n) is 4.56. The van der Waals surface area contributed by atoms with Crippen LogP contribution in [0.4, 0.5) is 0 Å². The van der Waals surface area contributed by atoms with E-state index in [0.29, 0.717) is 6.42 Å². The van der Waals surface area contributed by atoms with Gasteiger partial charge in [-0.15, -0.1) is 23.5 Å². The summed E-state index contributed by atoms with van der Waals surface area (Å²) in [6, 6.07) is 0. The van der Waals surface area contributed by atoms with Crippen LogP contribution >= 0.6 is 23.5 Å². The summed E-state index contributed by atoms with van der Waals surface area (Å²) < 4.78 is 6.38. The van der Waals surface area contributed by atoms with E-state index in [-0.39, 0.29) is 12.1 Å². The maximum atomic E-state index is 11.9. The maximum Gasteiger partial charge on any atom is 0.306 e. The summed E-state index contributed by atoms with van der Waals surface area (Å²) in [6.45, 7) is 7.60. The summed E-state index contributed by atoms with van der Waals surface area (Å²) in [6.07, 6.45) is 27.2. The summed E-state index contributed by atoms with van der Waals surface area (Å²) in [5, 5.41) is 0. The second-order valence-electron chi connectivity index (χ2n) is 11.3. The van der Waals surface area contributed by atoms with Crippen LogP contribution in [0.5, 0.6) is 0 Å². The predicted molar refractivity (Wildman–Crippen MR) is 171 cm³/mol. The molecule has 5 heteroatoms. The molecule has 0 N–H and O–H groups in total. The predicted octanol–water partition coefficient (Wildman–Crippen LogP) is 10.5. The van der Waals surface area contributed by atoms with Gasteiger partial charge in [0.25, 0.3) is 0 Å². The van der Waals surface area contributed by atoms with Crippen LogP contribution in [0.2, 0.25) is 0 Å². The lowest BCUT2D eigenvalue weighted by Crippen LogP contribution is -2.18. The van der Waals surface area contributed by atoms with Crippen LogP contribution in [0.15, 0.2) is 0 Å². The minimum absolute atomic E-state index is 0.0303. The Bertz CT molecular complexity index is 458. The number of rotatable bonds is 29. The number of nitrogens with zero attached hydrogens (tertiary/aromatic N) is 1. The third-order valence-electron chi connectivity index (χ3n) is 6.97. The highest BCUT2D eigenvalue weighted by molar-refractivity contribution is 8.17. The third kappa shape index (κ3) is 28.9. The van der Waals surface area contributed by atoms with Crippen LogP contribution in [0.1, 0.15) is 156 Å². The number of hydrogen-bond donors (Lipinski definition) is 0. The Morgan fingerprint density at radius 2 is 1.11 bits per heavy atom. The standard InChI is InChI=1S/C32H65NO2S2/c1-6-8-10-12-17-21-28-36-32(37-29-22-18-13-11-9-7-2)26-20-16-14-15-19-24-30(3)35-31(34)25-23-27-33(4)5/h30,32H,6-29H2,1-5H3. The molecule has 0 spiro atoms. The smallest absolute Gasteiger partial charge is 0.306 e. The molecule has 222 valence electrons. The van der Waals surface area contributed by atoms with Crippen LogP contribution in [0, 0.1) is 0 Å². The van der Waals surface area contributed by atoms with Gasteiger partial charge >= 0.3 is 5.97 Å². The quantitative estimate of drug-likeness (QED) is 0.0516. The molecule has 0 bridgehead atoms. The van der Waals surface area contributed by atoms with Gasteiger partial charge in [0.1, 0.15) is 0 Å². The highest BCUT2D eigenvalue weighted by atomic mass is 32.2. The number of carbonyl (C=O) groups excluding carboxylic acids is 1. The van der Waals surface area contributed by atoms with E-state index >= 15 is 0 Å². The van der Waals surface area contributed by atoms with Crippen molar-refractivity contribution in [1.82, 2.24) is 4.90 Å². The first-order chi connectivity index (χ1) is 18.0. The molecule has 0 aromatic carbocycles. The normalized spacial score (nSPS) is 12.5. The van der Waals surface area contributed by atoms with Gasteiger partial charge in [0.15, 0.2) is 0 Å². The second-order valence-corrected chi connectivity index (χ2v) is 14.2. The monoisotopic (exact) mass is 559 g/mol. The van der Waals surface area contributed by atoms with Crippen molar-refractivity contribution in [3.05, 3.63) is 0 Å². The number of thioether (sulfide) groups is 2. The molecule has 0 aliphatic heterocycles. The molecule has 1 unspecified atom stereocenters. The number of carbonyl (C=O) groups is 1. The average molecular weight is 560 g/mol. The van der Waals surface area contributed by atoms with Gasteiger partial charge in [-0.05, 0) is 77.6 Å². The van der Waals surface area contributed by atoms with Crippen molar-refractivity contribution < 1.29 is 9.53 Å². The molecule has 0 saturated carbocycles. The van der Waals surface area contributed by atoms with E-state index in [0.717, 1.165) is 24.0 Å². The fraction of sp³-hybridized carbons (Fsp3) is 0.969. The van der Waals surface area contributed by atoms with Crippen LogP contribution < -0.4 is 0 Å². The first kappa shape index (κ1) is 37.1. The Morgan fingerprint density at radius 1 is 0.649 bits per heavy atom. The first-order valence-corrected chi connectivity index (χ1v) is 18.2. The summed E-state index contributed by atoms with van der Waals surface area (Å²) >= 11 is 4.51. The van der Waals surface area contributed by atoms with Gasteiger partial charge in [-0.3, -0.25) is 4.79 Å². The molecule has 0 heterocycles. The van der Waals surface area contributed by atoms with E-state index in [1.54, 1.807) is 0 Å². The minimum Gasteiger partial charge on any atom is -0.463 e. The van der Waals surface area contributed by atoms with Gasteiger partial charge in [0.05, 0.1) is 10.7 Å². The lowest BCUT2D eigenvalue weighted by atomic mass is 10.1. The molecule has 1 atom stereocenters. The van der Waals surface area contributed by atoms with Crippen molar-refractivity contribution in [1.29, 1.82) is 0 Å². The molecule has 0 rings (SSSR count). The summed E-state index contributed by atoms with van der Waals surface area (Å²) in [4.78, 5) is 14.0. The van der Waals surface area contributed by atoms with Crippen molar-refractivity contribution >= 4 is 29.5 Å². The van der Waals surface area contributed by atoms with Crippen molar-refractivity contribution in [2.24, 2.45) is 0 Å². The van der Waals surface area contributed by atoms with E-state index in [1.165, 1.54) is 127 Å². The van der Waals surface area contributed by atoms with E-state index in [1.807, 2.05) is 14.1 Å². The van der Waals surface area contributed by atoms with Crippen molar-refractivity contribution in [2.45, 2.75) is 166 Å². The molecule has 0 aromatic rings. The molecule has 0 radical (unpaired) electrons. The van der Waals surface area contributed by atoms with E-state index in [9.17, 15) is 4.79 Å². The maximum absolute atomic E-state index is 11.9. The van der Waals surface area contributed by atoms with Gasteiger partial charge in [-0.1, -0.05) is 104 Å². The second kappa shape index (κ2) is 29.1. The zero-order valence-electron chi connectivity index (χ0n) is 25.7. The molecular weight excluding hydrogens is 494 g/mol. The zero-order valence-corrected chi connectivity index (χ0v) is 27.3. The highest BCUT2D eigenvalue weighted by Crippen LogP contribution is 2.31. The highest BCUT2D eigenvalue weighted by Gasteiger charge is 2.11. The molecule has 3 nitrogen and oxygen atoms in total. The van der Waals surface area contributed by atoms with Gasteiger partial charge in [0, 0.05) is 6.42 Å². The molecule has 0 aromatic heterocycles. The van der Waals surface area contributed by atoms with E-state index < -0.39 is 0 Å². The largest absolute Gasteiger partial charge is 0.463 e. The van der Waals surface area contributed by atoms with Crippen molar-refractivity contribution in [3.8, 4) is 0 Å². The van der Waals surface area contributed by atoms with E-state index in [2.05, 4.69) is 49.2 Å². The first-order valence-electron chi connectivity index (χ1n) is 16.1. The SMILES string of the molecule is CCCCCCCCSC(CCCCCCCC(C)OC(=O)CCCN(C)C)SCCCCCCCC. The lowest BCUT2D eigenvalue weighted by molar-refractivity contribution is -0.148. The summed E-state index contributed by atoms with van der Waals surface area (Å²) in [5.41, 5.74) is 0. The summed E-state index contributed by atoms with van der Waals surface area (Å²) in [5.74, 6) is 2.68. The average Bonchev–Trinajstić information content (AvgIpc) is 2.86. The fourth-order valence-corrected chi connectivity index (χ4v) is 7.46. The van der Waals surface area contributed by atoms with Crippen LogP contribution in [0.25, 0.3) is 0 Å². The van der Waals surface area contributed by atoms with E-state index in [4.69, 9.17) is 4.74 Å². The Kier molecular flexibility index (Phi) is 29.2. The van der Waals surface area contributed by atoms with Crippen LogP contribution in [-0.2, 0) is 9.53 Å². The molecule has 37 heavy (non-hydrogen) atoms. The zero-order chi connectivity index (χ0) is 27.4. The number of esters is 1. The topological polar surface area (TPSA) is 29.5 Å². The van der Waals surface area contributed by atoms with Crippen molar-refractivity contribution in [3.63, 3.8) is 0 Å². The molecular formula is C32H65NO2S2. The van der Waals surface area contributed by atoms with Crippen molar-refractivity contribution in [2.75, 3.05) is 32.1 Å². The third-order valence-corrected chi connectivity index (χ3v) is 10.1. The molecule has 0 saturated heterocycles. The summed E-state index contributed by atoms with van der Waals surface area (Å²) in [7, 11) is 4.08. The Morgan fingerprint density at radius 3 is 1.62 bits per heavy atom. The number of unbranched alkanes of at least 4 members (excludes halogenated alkanes) is 14. The Balaban J connectivity index is 3.94. The van der Waals surface area contributed by atoms with Crippen LogP contribution in [-0.4, -0.2) is 53.7 Å². The van der Waals surface area contributed by atoms with Gasteiger partial charge < -0.3 is 9.64 Å². The minimum atomic E-state index is -0.0303. The lowest BCUT2D eigenvalue weighted by Gasteiger charge is -2.17. The number of hydrogen-bond acceptors (Lipinski definition) is 5. The molecule has 0 aliphatic rings. The molecule has 0 aliphatic carbocycles. The Labute approximate surface area is 241 Å².